The topological polar surface area (TPSA) is 42.1 Å². The fourth-order valence-electron chi connectivity index (χ4n) is 6.49. The number of anilines is 2. The highest BCUT2D eigenvalue weighted by Crippen LogP contribution is 2.36. The average Bonchev–Trinajstić information content (AvgIpc) is 3.41. The fourth-order valence-corrected chi connectivity index (χ4v) is 6.49. The van der Waals surface area contributed by atoms with Crippen molar-refractivity contribution < 1.29 is 9.18 Å². The maximum absolute atomic E-state index is 13.4. The van der Waals surface area contributed by atoms with Gasteiger partial charge in [0.05, 0.1) is 11.4 Å². The predicted molar refractivity (Wildman–Crippen MR) is 176 cm³/mol. The second-order valence-electron chi connectivity index (χ2n) is 12.1. The third-order valence-electron chi connectivity index (χ3n) is 8.96. The third kappa shape index (κ3) is 7.29. The number of carbonyl (C=O) groups is 1. The van der Waals surface area contributed by atoms with Crippen LogP contribution in [0.3, 0.4) is 0 Å². The molecule has 6 nitrogen and oxygen atoms in total. The standard InChI is InChI=1S/C37H42FN5O/c1-40(37(44)31-12-6-3-7-13-31)27-32(30-10-4-2-5-11-30)20-23-41-24-21-34(22-25-41)39-43-28-42(35-14-8-9-15-36(35)43)26-29-16-18-33(38)19-17-29/h2-19,32,34,39H,20-28H2,1H3. The fraction of sp³-hybridized carbons (Fsp3) is 0.324. The highest BCUT2D eigenvalue weighted by Gasteiger charge is 2.29. The highest BCUT2D eigenvalue weighted by atomic mass is 19.1. The van der Waals surface area contributed by atoms with Gasteiger partial charge in [-0.15, -0.1) is 0 Å². The van der Waals surface area contributed by atoms with Crippen LogP contribution in [-0.4, -0.2) is 61.6 Å². The van der Waals surface area contributed by atoms with Gasteiger partial charge in [0.15, 0.2) is 0 Å². The van der Waals surface area contributed by atoms with E-state index in [1.165, 1.54) is 29.1 Å². The molecule has 1 saturated heterocycles. The van der Waals surface area contributed by atoms with Crippen molar-refractivity contribution in [3.05, 3.63) is 132 Å². The maximum atomic E-state index is 13.4. The summed E-state index contributed by atoms with van der Waals surface area (Å²) in [7, 11) is 1.92. The lowest BCUT2D eigenvalue weighted by Gasteiger charge is -2.36. The average molecular weight is 592 g/mol. The monoisotopic (exact) mass is 591 g/mol. The van der Waals surface area contributed by atoms with Gasteiger partial charge in [-0.2, -0.15) is 0 Å². The molecule has 0 radical (unpaired) electrons. The lowest BCUT2D eigenvalue weighted by atomic mass is 9.94. The van der Waals surface area contributed by atoms with Crippen LogP contribution in [0.5, 0.6) is 0 Å². The minimum atomic E-state index is -0.203. The van der Waals surface area contributed by atoms with Gasteiger partial charge in [-0.25, -0.2) is 9.82 Å². The number of carbonyl (C=O) groups excluding carboxylic acids is 1. The van der Waals surface area contributed by atoms with E-state index in [4.69, 9.17) is 0 Å². The summed E-state index contributed by atoms with van der Waals surface area (Å²) < 4.78 is 13.4. The molecule has 44 heavy (non-hydrogen) atoms. The summed E-state index contributed by atoms with van der Waals surface area (Å²) in [5.41, 5.74) is 9.33. The number of hydrazine groups is 1. The number of rotatable bonds is 11. The van der Waals surface area contributed by atoms with E-state index in [2.05, 4.69) is 74.8 Å². The second-order valence-corrected chi connectivity index (χ2v) is 12.1. The summed E-state index contributed by atoms with van der Waals surface area (Å²) in [4.78, 5) is 19.9. The number of likely N-dealkylation sites (tertiary alicyclic amines) is 1. The number of halogens is 1. The number of nitrogens with one attached hydrogen (secondary N) is 1. The van der Waals surface area contributed by atoms with Crippen LogP contribution in [0.15, 0.2) is 109 Å². The molecule has 0 aromatic heterocycles. The molecule has 1 fully saturated rings. The van der Waals surface area contributed by atoms with Gasteiger partial charge in [0.25, 0.3) is 5.91 Å². The molecule has 2 aliphatic heterocycles. The SMILES string of the molecule is CN(CC(CCN1CCC(NN2CN(Cc3ccc(F)cc3)c3ccccc32)CC1)c1ccccc1)C(=O)c1ccccc1. The summed E-state index contributed by atoms with van der Waals surface area (Å²) >= 11 is 0. The Morgan fingerprint density at radius 2 is 1.50 bits per heavy atom. The summed E-state index contributed by atoms with van der Waals surface area (Å²) in [6.45, 7) is 5.29. The van der Waals surface area contributed by atoms with Gasteiger partial charge in [0.1, 0.15) is 12.5 Å². The lowest BCUT2D eigenvalue weighted by Crippen LogP contribution is -2.51. The van der Waals surface area contributed by atoms with Crippen molar-refractivity contribution in [1.82, 2.24) is 15.2 Å². The Balaban J connectivity index is 1.02. The Morgan fingerprint density at radius 3 is 2.20 bits per heavy atom. The first-order valence-electron chi connectivity index (χ1n) is 15.7. The zero-order valence-electron chi connectivity index (χ0n) is 25.5. The number of para-hydroxylation sites is 2. The summed E-state index contributed by atoms with van der Waals surface area (Å²) in [6, 6.07) is 35.9. The third-order valence-corrected chi connectivity index (χ3v) is 8.96. The van der Waals surface area contributed by atoms with Crippen molar-refractivity contribution in [3.63, 3.8) is 0 Å². The molecular formula is C37H42FN5O. The van der Waals surface area contributed by atoms with Crippen LogP contribution in [0.4, 0.5) is 15.8 Å². The van der Waals surface area contributed by atoms with Gasteiger partial charge in [-0.05, 0) is 86.4 Å². The normalized spacial score (nSPS) is 16.1. The molecule has 4 aromatic carbocycles. The van der Waals surface area contributed by atoms with E-state index in [1.807, 2.05) is 54.4 Å². The first-order valence-corrected chi connectivity index (χ1v) is 15.7. The molecule has 2 heterocycles. The number of nitrogens with zero attached hydrogens (tertiary/aromatic N) is 4. The number of hydrogen-bond acceptors (Lipinski definition) is 5. The van der Waals surface area contributed by atoms with Crippen LogP contribution in [0.25, 0.3) is 0 Å². The summed E-state index contributed by atoms with van der Waals surface area (Å²) in [5.74, 6) is 0.141. The van der Waals surface area contributed by atoms with Gasteiger partial charge < -0.3 is 14.7 Å². The summed E-state index contributed by atoms with van der Waals surface area (Å²) in [6.07, 6.45) is 3.17. The molecule has 0 bridgehead atoms. The molecule has 6 rings (SSSR count). The van der Waals surface area contributed by atoms with Crippen molar-refractivity contribution in [3.8, 4) is 0 Å². The molecule has 1 N–H and O–H groups in total. The second kappa shape index (κ2) is 14.1. The minimum absolute atomic E-state index is 0.0677. The van der Waals surface area contributed by atoms with Crippen molar-refractivity contribution in [2.45, 2.75) is 37.8 Å². The first kappa shape index (κ1) is 29.9. The zero-order valence-corrected chi connectivity index (χ0v) is 25.5. The maximum Gasteiger partial charge on any atom is 0.253 e. The van der Waals surface area contributed by atoms with E-state index in [9.17, 15) is 9.18 Å². The molecule has 4 aromatic rings. The number of amides is 1. The van der Waals surface area contributed by atoms with Gasteiger partial charge in [-0.3, -0.25) is 9.80 Å². The Kier molecular flexibility index (Phi) is 9.54. The first-order chi connectivity index (χ1) is 21.5. The van der Waals surface area contributed by atoms with E-state index in [0.29, 0.717) is 12.6 Å². The van der Waals surface area contributed by atoms with Crippen LogP contribution >= 0.6 is 0 Å². The minimum Gasteiger partial charge on any atom is -0.346 e. The molecule has 0 aliphatic carbocycles. The van der Waals surface area contributed by atoms with Crippen molar-refractivity contribution in [2.75, 3.05) is 49.8 Å². The lowest BCUT2D eigenvalue weighted by molar-refractivity contribution is 0.0781. The molecule has 7 heteroatoms. The number of likely N-dealkylation sites (N-methyl/N-ethyl adjacent to an activating group) is 1. The molecule has 1 atom stereocenters. The number of benzene rings is 4. The molecule has 0 saturated carbocycles. The number of fused-ring (bicyclic) bond motifs is 1. The van der Waals surface area contributed by atoms with E-state index in [-0.39, 0.29) is 17.6 Å². The molecular weight excluding hydrogens is 549 g/mol. The van der Waals surface area contributed by atoms with Crippen molar-refractivity contribution >= 4 is 17.3 Å². The number of piperidine rings is 1. The zero-order chi connectivity index (χ0) is 30.3. The van der Waals surface area contributed by atoms with E-state index in [0.717, 1.165) is 63.2 Å². The van der Waals surface area contributed by atoms with E-state index in [1.54, 1.807) is 0 Å². The van der Waals surface area contributed by atoms with Gasteiger partial charge >= 0.3 is 0 Å². The highest BCUT2D eigenvalue weighted by molar-refractivity contribution is 5.94. The van der Waals surface area contributed by atoms with Crippen LogP contribution in [0.2, 0.25) is 0 Å². The Hall–Kier alpha value is -4.20. The molecule has 2 aliphatic rings. The molecule has 0 spiro atoms. The molecule has 1 unspecified atom stereocenters. The largest absolute Gasteiger partial charge is 0.346 e. The van der Waals surface area contributed by atoms with Gasteiger partial charge in [-0.1, -0.05) is 72.8 Å². The Bertz CT molecular complexity index is 1490. The Morgan fingerprint density at radius 1 is 0.864 bits per heavy atom. The van der Waals surface area contributed by atoms with Crippen molar-refractivity contribution in [2.24, 2.45) is 0 Å². The van der Waals surface area contributed by atoms with E-state index >= 15 is 0 Å². The molecule has 228 valence electrons. The van der Waals surface area contributed by atoms with Crippen LogP contribution in [0.1, 0.15) is 46.7 Å². The smallest absolute Gasteiger partial charge is 0.253 e. The van der Waals surface area contributed by atoms with Crippen LogP contribution in [0, 0.1) is 5.82 Å². The number of hydrogen-bond donors (Lipinski definition) is 1. The quantitative estimate of drug-likeness (QED) is 0.215. The van der Waals surface area contributed by atoms with Crippen LogP contribution < -0.4 is 15.3 Å². The van der Waals surface area contributed by atoms with Gasteiger partial charge in [0.2, 0.25) is 0 Å². The van der Waals surface area contributed by atoms with Crippen LogP contribution in [-0.2, 0) is 6.54 Å². The van der Waals surface area contributed by atoms with Gasteiger partial charge in [0, 0.05) is 37.7 Å². The predicted octanol–water partition coefficient (Wildman–Crippen LogP) is 6.52. The molecule has 1 amide bonds. The van der Waals surface area contributed by atoms with E-state index < -0.39 is 0 Å². The van der Waals surface area contributed by atoms with Crippen molar-refractivity contribution in [1.29, 1.82) is 0 Å². The Labute approximate surface area is 260 Å². The summed E-state index contributed by atoms with van der Waals surface area (Å²) in [5, 5.41) is 2.28.